The van der Waals surface area contributed by atoms with Crippen molar-refractivity contribution in [1.82, 2.24) is 19.8 Å². The number of likely N-dealkylation sites (tertiary alicyclic amines) is 1. The zero-order chi connectivity index (χ0) is 22.5. The number of halogens is 1. The Kier molecular flexibility index (Phi) is 7.12. The molecule has 0 atom stereocenters. The minimum absolute atomic E-state index is 0.0475. The minimum Gasteiger partial charge on any atom is -0.473 e. The summed E-state index contributed by atoms with van der Waals surface area (Å²) in [6.45, 7) is 9.01. The van der Waals surface area contributed by atoms with Gasteiger partial charge in [-0.2, -0.15) is 4.98 Å². The van der Waals surface area contributed by atoms with Crippen molar-refractivity contribution in [3.05, 3.63) is 48.1 Å². The lowest BCUT2D eigenvalue weighted by Crippen LogP contribution is -2.44. The number of aromatic nitrogens is 2. The van der Waals surface area contributed by atoms with Crippen LogP contribution in [0.4, 0.5) is 17.3 Å². The molecule has 0 saturated carbocycles. The average molecular weight is 457 g/mol. The fraction of sp³-hybridized carbons (Fsp3) is 0.435. The number of carbonyl (C=O) groups is 1. The molecule has 32 heavy (non-hydrogen) atoms. The fourth-order valence-electron chi connectivity index (χ4n) is 3.92. The number of hydrogen-bond acceptors (Lipinski definition) is 7. The normalized spacial score (nSPS) is 17.8. The van der Waals surface area contributed by atoms with Crippen molar-refractivity contribution in [2.24, 2.45) is 0 Å². The van der Waals surface area contributed by atoms with E-state index in [0.29, 0.717) is 29.9 Å². The molecule has 1 amide bonds. The van der Waals surface area contributed by atoms with Crippen molar-refractivity contribution in [3.8, 4) is 5.88 Å². The Morgan fingerprint density at radius 3 is 2.50 bits per heavy atom. The number of ether oxygens (including phenoxy) is 1. The molecule has 1 aromatic heterocycles. The largest absolute Gasteiger partial charge is 0.473 e. The first-order chi connectivity index (χ1) is 15.5. The van der Waals surface area contributed by atoms with E-state index in [9.17, 15) is 4.79 Å². The minimum atomic E-state index is -0.0491. The van der Waals surface area contributed by atoms with Gasteiger partial charge in [-0.3, -0.25) is 4.79 Å². The zero-order valence-electron chi connectivity index (χ0n) is 18.3. The van der Waals surface area contributed by atoms with Gasteiger partial charge in [0.1, 0.15) is 11.1 Å². The van der Waals surface area contributed by atoms with Crippen LogP contribution in [0.15, 0.2) is 43.1 Å². The third-order valence-corrected chi connectivity index (χ3v) is 6.17. The number of anilines is 3. The molecular weight excluding hydrogens is 428 g/mol. The quantitative estimate of drug-likeness (QED) is 0.669. The number of piperazine rings is 1. The van der Waals surface area contributed by atoms with Gasteiger partial charge in [0.15, 0.2) is 0 Å². The molecule has 2 aromatic rings. The number of hydrogen-bond donors (Lipinski definition) is 1. The van der Waals surface area contributed by atoms with Crippen molar-refractivity contribution in [2.75, 3.05) is 56.5 Å². The highest BCUT2D eigenvalue weighted by Gasteiger charge is 2.24. The average Bonchev–Trinajstić information content (AvgIpc) is 2.82. The van der Waals surface area contributed by atoms with Gasteiger partial charge in [0.2, 0.25) is 17.7 Å². The topological polar surface area (TPSA) is 73.8 Å². The Morgan fingerprint density at radius 1 is 1.16 bits per heavy atom. The summed E-state index contributed by atoms with van der Waals surface area (Å²) in [7, 11) is 2.15. The molecule has 3 heterocycles. The van der Waals surface area contributed by atoms with Gasteiger partial charge in [0.05, 0.1) is 6.20 Å². The van der Waals surface area contributed by atoms with E-state index in [0.717, 1.165) is 44.7 Å². The van der Waals surface area contributed by atoms with E-state index < -0.39 is 0 Å². The first-order valence-electron chi connectivity index (χ1n) is 10.9. The Hall–Kier alpha value is -2.84. The molecule has 170 valence electrons. The van der Waals surface area contributed by atoms with Crippen molar-refractivity contribution >= 4 is 34.8 Å². The summed E-state index contributed by atoms with van der Waals surface area (Å²) in [4.78, 5) is 27.0. The Balaban J connectivity index is 1.35. The highest BCUT2D eigenvalue weighted by Crippen LogP contribution is 2.27. The maximum absolute atomic E-state index is 11.7. The number of benzene rings is 1. The van der Waals surface area contributed by atoms with Crippen LogP contribution in [0.3, 0.4) is 0 Å². The second kappa shape index (κ2) is 10.2. The van der Waals surface area contributed by atoms with Crippen LogP contribution >= 0.6 is 11.6 Å². The summed E-state index contributed by atoms with van der Waals surface area (Å²) in [6, 6.07) is 8.27. The van der Waals surface area contributed by atoms with Crippen molar-refractivity contribution in [3.63, 3.8) is 0 Å². The van der Waals surface area contributed by atoms with E-state index in [1.54, 1.807) is 11.1 Å². The van der Waals surface area contributed by atoms with Gasteiger partial charge in [-0.25, -0.2) is 4.98 Å². The molecule has 8 nitrogen and oxygen atoms in total. The molecule has 0 spiro atoms. The van der Waals surface area contributed by atoms with Crippen LogP contribution in [0.1, 0.15) is 12.8 Å². The van der Waals surface area contributed by atoms with Crippen LogP contribution in [-0.2, 0) is 4.79 Å². The number of amides is 1. The summed E-state index contributed by atoms with van der Waals surface area (Å²) in [6.07, 6.45) is 4.28. The molecule has 4 rings (SSSR count). The Bertz CT molecular complexity index is 938. The van der Waals surface area contributed by atoms with Gasteiger partial charge in [-0.05, 0) is 37.4 Å². The van der Waals surface area contributed by atoms with E-state index in [-0.39, 0.29) is 12.0 Å². The second-order valence-corrected chi connectivity index (χ2v) is 8.56. The zero-order valence-corrected chi connectivity index (χ0v) is 19.1. The SMILES string of the molecule is C=CC(=O)N1CCC(Oc2nc(Nc3ccc(N4CCN(C)CC4)cc3)ncc2Cl)CC1. The molecule has 1 aromatic carbocycles. The highest BCUT2D eigenvalue weighted by atomic mass is 35.5. The van der Waals surface area contributed by atoms with Crippen LogP contribution in [0, 0.1) is 0 Å². The molecule has 0 radical (unpaired) electrons. The van der Waals surface area contributed by atoms with E-state index in [1.165, 1.54) is 11.8 Å². The first kappa shape index (κ1) is 22.4. The molecule has 0 aliphatic carbocycles. The highest BCUT2D eigenvalue weighted by molar-refractivity contribution is 6.31. The number of likely N-dealkylation sites (N-methyl/N-ethyl adjacent to an activating group) is 1. The van der Waals surface area contributed by atoms with E-state index in [1.807, 2.05) is 12.1 Å². The maximum Gasteiger partial charge on any atom is 0.245 e. The third-order valence-electron chi connectivity index (χ3n) is 5.91. The summed E-state index contributed by atoms with van der Waals surface area (Å²) in [5.41, 5.74) is 2.11. The maximum atomic E-state index is 11.7. The molecule has 2 aliphatic heterocycles. The van der Waals surface area contributed by atoms with Crippen molar-refractivity contribution in [2.45, 2.75) is 18.9 Å². The lowest BCUT2D eigenvalue weighted by Gasteiger charge is -2.34. The number of rotatable bonds is 6. The molecule has 2 aliphatic rings. The van der Waals surface area contributed by atoms with Crippen LogP contribution in [-0.4, -0.2) is 78.1 Å². The molecular formula is C23H29ClN6O2. The van der Waals surface area contributed by atoms with Gasteiger partial charge in [0.25, 0.3) is 0 Å². The standard InChI is InChI=1S/C23H29ClN6O2/c1-3-21(31)30-10-8-19(9-11-30)32-22-20(24)16-25-23(27-22)26-17-4-6-18(7-5-17)29-14-12-28(2)13-15-29/h3-7,16,19H,1,8-15H2,2H3,(H,25,26,27). The second-order valence-electron chi connectivity index (χ2n) is 8.16. The molecule has 2 fully saturated rings. The van der Waals surface area contributed by atoms with Gasteiger partial charge in [-0.15, -0.1) is 0 Å². The first-order valence-corrected chi connectivity index (χ1v) is 11.3. The Labute approximate surface area is 193 Å². The van der Waals surface area contributed by atoms with E-state index in [2.05, 4.69) is 50.8 Å². The summed E-state index contributed by atoms with van der Waals surface area (Å²) < 4.78 is 6.04. The lowest BCUT2D eigenvalue weighted by molar-refractivity contribution is -0.127. The number of nitrogens with zero attached hydrogens (tertiary/aromatic N) is 5. The van der Waals surface area contributed by atoms with Crippen LogP contribution < -0.4 is 15.0 Å². The van der Waals surface area contributed by atoms with Crippen LogP contribution in [0.5, 0.6) is 5.88 Å². The predicted octanol–water partition coefficient (Wildman–Crippen LogP) is 3.18. The van der Waals surface area contributed by atoms with Crippen LogP contribution in [0.25, 0.3) is 0 Å². The van der Waals surface area contributed by atoms with Gasteiger partial charge >= 0.3 is 0 Å². The molecule has 0 unspecified atom stereocenters. The van der Waals surface area contributed by atoms with E-state index in [4.69, 9.17) is 16.3 Å². The van der Waals surface area contributed by atoms with Gasteiger partial charge in [0, 0.05) is 63.5 Å². The fourth-order valence-corrected chi connectivity index (χ4v) is 4.06. The van der Waals surface area contributed by atoms with E-state index >= 15 is 0 Å². The monoisotopic (exact) mass is 456 g/mol. The van der Waals surface area contributed by atoms with Crippen molar-refractivity contribution in [1.29, 1.82) is 0 Å². The third kappa shape index (κ3) is 5.49. The predicted molar refractivity (Wildman–Crippen MR) is 127 cm³/mol. The van der Waals surface area contributed by atoms with Crippen molar-refractivity contribution < 1.29 is 9.53 Å². The van der Waals surface area contributed by atoms with Crippen LogP contribution in [0.2, 0.25) is 5.02 Å². The lowest BCUT2D eigenvalue weighted by atomic mass is 10.1. The number of piperidine rings is 1. The van der Waals surface area contributed by atoms with Gasteiger partial charge < -0.3 is 24.8 Å². The Morgan fingerprint density at radius 2 is 1.84 bits per heavy atom. The van der Waals surface area contributed by atoms with Gasteiger partial charge in [-0.1, -0.05) is 18.2 Å². The number of nitrogens with one attached hydrogen (secondary N) is 1. The molecule has 1 N–H and O–H groups in total. The summed E-state index contributed by atoms with van der Waals surface area (Å²) in [5, 5.41) is 3.59. The summed E-state index contributed by atoms with van der Waals surface area (Å²) in [5.74, 6) is 0.733. The number of carbonyl (C=O) groups excluding carboxylic acids is 1. The molecule has 2 saturated heterocycles. The molecule has 9 heteroatoms. The molecule has 0 bridgehead atoms. The summed E-state index contributed by atoms with van der Waals surface area (Å²) >= 11 is 6.27. The smallest absolute Gasteiger partial charge is 0.245 e.